The van der Waals surface area contributed by atoms with Gasteiger partial charge >= 0.3 is 12.4 Å². The largest absolute Gasteiger partial charge is 0.429 e. The standard InChI is InChI=1S/C25H32F6O/c1-17(7-6-16-23(32,24(26,27)28)25(29,30)31)20-14-15-21-19(10-5-11-22(20)21)13-12-18-8-3-2-4-9-18/h6,12-14,16-17,21-22,32H,2-5,7-11,15H2,1H3/b16-6-,19-13+/t17-,21?,22?/m1/s1. The molecule has 0 spiro atoms. The topological polar surface area (TPSA) is 20.2 Å². The molecule has 2 saturated carbocycles. The Morgan fingerprint density at radius 1 is 0.938 bits per heavy atom. The summed E-state index contributed by atoms with van der Waals surface area (Å²) in [4.78, 5) is 0. The summed E-state index contributed by atoms with van der Waals surface area (Å²) in [5.74, 6) is 0.503. The predicted octanol–water partition coefficient (Wildman–Crippen LogP) is 7.99. The van der Waals surface area contributed by atoms with Crippen molar-refractivity contribution in [3.63, 3.8) is 0 Å². The van der Waals surface area contributed by atoms with Crippen LogP contribution >= 0.6 is 0 Å². The summed E-state index contributed by atoms with van der Waals surface area (Å²) >= 11 is 0. The fraction of sp³-hybridized carbons (Fsp3) is 0.680. The van der Waals surface area contributed by atoms with Gasteiger partial charge in [-0.3, -0.25) is 0 Å². The minimum Gasteiger partial charge on any atom is -0.370 e. The number of alkyl halides is 6. The molecule has 0 saturated heterocycles. The zero-order valence-corrected chi connectivity index (χ0v) is 18.4. The molecule has 3 aliphatic rings. The van der Waals surface area contributed by atoms with Crippen LogP contribution in [0, 0.1) is 17.8 Å². The van der Waals surface area contributed by atoms with Gasteiger partial charge in [-0.25, -0.2) is 0 Å². The number of hydrogen-bond acceptors (Lipinski definition) is 1. The lowest BCUT2D eigenvalue weighted by Gasteiger charge is -2.32. The van der Waals surface area contributed by atoms with Gasteiger partial charge in [0, 0.05) is 0 Å². The molecule has 180 valence electrons. The second-order valence-corrected chi connectivity index (χ2v) is 9.47. The molecule has 2 unspecified atom stereocenters. The van der Waals surface area contributed by atoms with E-state index in [0.29, 0.717) is 11.8 Å². The maximum atomic E-state index is 12.9. The Bertz CT molecular complexity index is 761. The molecule has 0 aliphatic heterocycles. The van der Waals surface area contributed by atoms with Crippen LogP contribution in [-0.2, 0) is 0 Å². The van der Waals surface area contributed by atoms with Crippen molar-refractivity contribution in [1.82, 2.24) is 0 Å². The van der Waals surface area contributed by atoms with Crippen LogP contribution in [0.4, 0.5) is 26.3 Å². The highest BCUT2D eigenvalue weighted by atomic mass is 19.4. The van der Waals surface area contributed by atoms with Gasteiger partial charge in [0.25, 0.3) is 5.60 Å². The fourth-order valence-electron chi connectivity index (χ4n) is 5.40. The molecule has 3 aliphatic carbocycles. The zero-order chi connectivity index (χ0) is 23.6. The van der Waals surface area contributed by atoms with Gasteiger partial charge < -0.3 is 5.11 Å². The van der Waals surface area contributed by atoms with E-state index in [9.17, 15) is 31.4 Å². The van der Waals surface area contributed by atoms with Gasteiger partial charge in [0.05, 0.1) is 0 Å². The Balaban J connectivity index is 1.66. The monoisotopic (exact) mass is 462 g/mol. The first-order valence-electron chi connectivity index (χ1n) is 11.6. The van der Waals surface area contributed by atoms with Gasteiger partial charge in [-0.05, 0) is 81.6 Å². The van der Waals surface area contributed by atoms with Crippen LogP contribution < -0.4 is 0 Å². The van der Waals surface area contributed by atoms with Crippen LogP contribution in [-0.4, -0.2) is 23.1 Å². The molecular formula is C25H32F6O. The van der Waals surface area contributed by atoms with Gasteiger partial charge in [0.2, 0.25) is 0 Å². The molecule has 1 nitrogen and oxygen atoms in total. The summed E-state index contributed by atoms with van der Waals surface area (Å²) < 4.78 is 77.1. The first kappa shape index (κ1) is 25.1. The van der Waals surface area contributed by atoms with E-state index in [4.69, 9.17) is 0 Å². The third-order valence-corrected chi connectivity index (χ3v) is 7.29. The minimum absolute atomic E-state index is 0.0205. The summed E-state index contributed by atoms with van der Waals surface area (Å²) in [6.45, 7) is 1.83. The van der Waals surface area contributed by atoms with Crippen molar-refractivity contribution in [2.24, 2.45) is 17.8 Å². The molecule has 3 atom stereocenters. The zero-order valence-electron chi connectivity index (χ0n) is 18.4. The molecule has 0 aromatic carbocycles. The SMILES string of the molecule is C[C@H](C/C=C\C(O)(C(F)(F)F)C(F)(F)F)C1=CCC2/C(=C/C=C3CCCCC3)CCCC12. The lowest BCUT2D eigenvalue weighted by atomic mass is 9.72. The normalized spacial score (nSPS) is 27.6. The molecule has 32 heavy (non-hydrogen) atoms. The lowest BCUT2D eigenvalue weighted by molar-refractivity contribution is -0.347. The van der Waals surface area contributed by atoms with Crippen molar-refractivity contribution in [1.29, 1.82) is 0 Å². The average Bonchev–Trinajstić information content (AvgIpc) is 3.16. The Hall–Kier alpha value is -1.50. The number of halogens is 6. The molecule has 0 aromatic rings. The molecule has 3 rings (SSSR count). The number of allylic oxidation sites excluding steroid dienone is 7. The highest BCUT2D eigenvalue weighted by molar-refractivity contribution is 5.31. The molecule has 0 bridgehead atoms. The van der Waals surface area contributed by atoms with Crippen molar-refractivity contribution in [2.45, 2.75) is 89.1 Å². The molecule has 0 amide bonds. The van der Waals surface area contributed by atoms with Gasteiger partial charge in [0.15, 0.2) is 0 Å². The van der Waals surface area contributed by atoms with E-state index in [-0.39, 0.29) is 18.4 Å². The second-order valence-electron chi connectivity index (χ2n) is 9.47. The fourth-order valence-corrected chi connectivity index (χ4v) is 5.40. The highest BCUT2D eigenvalue weighted by Gasteiger charge is 2.68. The molecule has 0 aromatic heterocycles. The summed E-state index contributed by atoms with van der Waals surface area (Å²) in [6, 6.07) is 0. The van der Waals surface area contributed by atoms with Crippen LogP contribution in [0.3, 0.4) is 0 Å². The Kier molecular flexibility index (Phi) is 7.68. The maximum absolute atomic E-state index is 12.9. The van der Waals surface area contributed by atoms with Gasteiger partial charge in [0.1, 0.15) is 0 Å². The van der Waals surface area contributed by atoms with Crippen molar-refractivity contribution in [3.8, 4) is 0 Å². The molecule has 0 heterocycles. The van der Waals surface area contributed by atoms with Crippen LogP contribution in [0.25, 0.3) is 0 Å². The van der Waals surface area contributed by atoms with Crippen molar-refractivity contribution in [2.75, 3.05) is 0 Å². The first-order chi connectivity index (χ1) is 14.9. The van der Waals surface area contributed by atoms with Crippen LogP contribution in [0.1, 0.15) is 71.1 Å². The van der Waals surface area contributed by atoms with E-state index in [1.165, 1.54) is 30.4 Å². The Morgan fingerprint density at radius 3 is 2.22 bits per heavy atom. The molecular weight excluding hydrogens is 430 g/mol. The first-order valence-corrected chi connectivity index (χ1v) is 11.6. The van der Waals surface area contributed by atoms with Gasteiger partial charge in [-0.1, -0.05) is 54.4 Å². The molecule has 0 radical (unpaired) electrons. The van der Waals surface area contributed by atoms with E-state index >= 15 is 0 Å². The minimum atomic E-state index is -5.82. The van der Waals surface area contributed by atoms with E-state index in [2.05, 4.69) is 18.2 Å². The van der Waals surface area contributed by atoms with E-state index < -0.39 is 18.0 Å². The smallest absolute Gasteiger partial charge is 0.370 e. The van der Waals surface area contributed by atoms with Crippen LogP contribution in [0.5, 0.6) is 0 Å². The molecule has 7 heteroatoms. The lowest BCUT2D eigenvalue weighted by Crippen LogP contribution is -2.55. The van der Waals surface area contributed by atoms with E-state index in [0.717, 1.165) is 50.2 Å². The van der Waals surface area contributed by atoms with E-state index in [1.807, 2.05) is 6.92 Å². The van der Waals surface area contributed by atoms with Crippen molar-refractivity contribution < 1.29 is 31.4 Å². The third-order valence-electron chi connectivity index (χ3n) is 7.29. The number of rotatable bonds is 5. The number of hydrogen-bond donors (Lipinski definition) is 1. The quantitative estimate of drug-likeness (QED) is 0.324. The summed E-state index contributed by atoms with van der Waals surface area (Å²) in [5, 5.41) is 9.29. The van der Waals surface area contributed by atoms with Crippen LogP contribution in [0.15, 0.2) is 47.1 Å². The number of fused-ring (bicyclic) bond motifs is 1. The van der Waals surface area contributed by atoms with Gasteiger partial charge in [-0.2, -0.15) is 26.3 Å². The highest BCUT2D eigenvalue weighted by Crippen LogP contribution is 2.49. The van der Waals surface area contributed by atoms with Gasteiger partial charge in [-0.15, -0.1) is 0 Å². The molecule has 1 N–H and O–H groups in total. The van der Waals surface area contributed by atoms with E-state index in [1.54, 1.807) is 0 Å². The van der Waals surface area contributed by atoms with Crippen LogP contribution in [0.2, 0.25) is 0 Å². The second kappa shape index (κ2) is 9.78. The summed E-state index contributed by atoms with van der Waals surface area (Å²) in [6.07, 6.45) is 5.79. The maximum Gasteiger partial charge on any atom is 0.429 e. The predicted molar refractivity (Wildman–Crippen MR) is 113 cm³/mol. The van der Waals surface area contributed by atoms with Crippen molar-refractivity contribution >= 4 is 0 Å². The van der Waals surface area contributed by atoms with Crippen molar-refractivity contribution in [3.05, 3.63) is 47.1 Å². The Morgan fingerprint density at radius 2 is 1.59 bits per heavy atom. The average molecular weight is 463 g/mol. The summed E-state index contributed by atoms with van der Waals surface area (Å²) in [5.41, 5.74) is -0.785. The number of aliphatic hydroxyl groups is 1. The summed E-state index contributed by atoms with van der Waals surface area (Å²) in [7, 11) is 0. The molecule has 2 fully saturated rings. The third kappa shape index (κ3) is 5.35. The Labute approximate surface area is 186 Å².